The van der Waals surface area contributed by atoms with Gasteiger partial charge in [-0.25, -0.2) is 0 Å². The Morgan fingerprint density at radius 2 is 0.900 bits per heavy atom. The molecule has 0 spiro atoms. The zero-order chi connectivity index (χ0) is 25.6. The Hall–Kier alpha value is -2.81. The summed E-state index contributed by atoms with van der Waals surface area (Å²) >= 11 is 0. The number of hydrogen-bond acceptors (Lipinski definition) is 0. The van der Waals surface area contributed by atoms with Crippen molar-refractivity contribution in [3.8, 4) is 22.3 Å². The molecule has 0 radical (unpaired) electrons. The second-order valence-corrected chi connectivity index (χ2v) is 15.2. The molecule has 6 aromatic rings. The second-order valence-electron chi connectivity index (χ2n) is 10.8. The summed E-state index contributed by atoms with van der Waals surface area (Å²) in [6.07, 6.45) is 2.09. The molecule has 0 aliphatic carbocycles. The van der Waals surface area contributed by atoms with Gasteiger partial charge < -0.3 is 14.9 Å². The van der Waals surface area contributed by atoms with Crippen molar-refractivity contribution in [1.82, 2.24) is 0 Å². The molecule has 200 valence electrons. The quantitative estimate of drug-likeness (QED) is 0.120. The summed E-state index contributed by atoms with van der Waals surface area (Å²) in [6.45, 7) is 9.51. The SMILES string of the molecule is CCc1ccccc1-c1cccc2[cH-]c([Si](C)(C)c3cc4c(-c5ccccc5CC)cccc4[cH-]3)cc12.[CH3-].[CH3-].[Hf+4]. The van der Waals surface area contributed by atoms with Gasteiger partial charge in [-0.3, -0.25) is 0 Å². The van der Waals surface area contributed by atoms with Crippen molar-refractivity contribution in [3.63, 3.8) is 0 Å². The van der Waals surface area contributed by atoms with Gasteiger partial charge in [0.2, 0.25) is 0 Å². The van der Waals surface area contributed by atoms with Crippen molar-refractivity contribution < 1.29 is 25.8 Å². The predicted molar refractivity (Wildman–Crippen MR) is 178 cm³/mol. The van der Waals surface area contributed by atoms with Crippen LogP contribution in [0.15, 0.2) is 109 Å². The van der Waals surface area contributed by atoms with Gasteiger partial charge in [0.25, 0.3) is 0 Å². The van der Waals surface area contributed by atoms with Crippen molar-refractivity contribution in [3.05, 3.63) is 135 Å². The maximum absolute atomic E-state index is 2.51. The molecule has 40 heavy (non-hydrogen) atoms. The molecule has 0 fully saturated rings. The first-order chi connectivity index (χ1) is 18.0. The molecule has 0 heterocycles. The van der Waals surface area contributed by atoms with Gasteiger partial charge in [-0.05, 0) is 35.1 Å². The largest absolute Gasteiger partial charge is 4.00 e. The molecule has 6 aromatic carbocycles. The van der Waals surface area contributed by atoms with Crippen molar-refractivity contribution in [2.75, 3.05) is 0 Å². The molecular weight excluding hydrogens is 663 g/mol. The Morgan fingerprint density at radius 1 is 0.525 bits per heavy atom. The normalized spacial score (nSPS) is 11.1. The Kier molecular flexibility index (Phi) is 10.1. The van der Waals surface area contributed by atoms with Crippen LogP contribution in [0.3, 0.4) is 0 Å². The summed E-state index contributed by atoms with van der Waals surface area (Å²) in [7, 11) is -1.91. The summed E-state index contributed by atoms with van der Waals surface area (Å²) in [4.78, 5) is 0. The molecule has 0 atom stereocenters. The van der Waals surface area contributed by atoms with Gasteiger partial charge in [0.1, 0.15) is 0 Å². The van der Waals surface area contributed by atoms with Crippen LogP contribution in [0.5, 0.6) is 0 Å². The maximum atomic E-state index is 2.51. The fourth-order valence-corrected chi connectivity index (χ4v) is 8.39. The van der Waals surface area contributed by atoms with Gasteiger partial charge in [0.05, 0.1) is 8.07 Å². The van der Waals surface area contributed by atoms with Crippen molar-refractivity contribution >= 4 is 40.0 Å². The minimum absolute atomic E-state index is 0. The molecule has 0 amide bonds. The van der Waals surface area contributed by atoms with Crippen molar-refractivity contribution in [1.29, 1.82) is 0 Å². The number of hydrogen-bond donors (Lipinski definition) is 0. The van der Waals surface area contributed by atoms with E-state index in [1.54, 1.807) is 0 Å². The van der Waals surface area contributed by atoms with Crippen LogP contribution in [0.25, 0.3) is 43.8 Å². The third-order valence-electron chi connectivity index (χ3n) is 8.32. The summed E-state index contributed by atoms with van der Waals surface area (Å²) < 4.78 is 0. The average molecular weight is 703 g/mol. The summed E-state index contributed by atoms with van der Waals surface area (Å²) in [5.41, 5.74) is 8.28. The predicted octanol–water partition coefficient (Wildman–Crippen LogP) is 9.61. The molecule has 0 aliphatic heterocycles. The van der Waals surface area contributed by atoms with E-state index in [9.17, 15) is 0 Å². The van der Waals surface area contributed by atoms with Crippen LogP contribution in [0, 0.1) is 14.9 Å². The van der Waals surface area contributed by atoms with E-state index in [-0.39, 0.29) is 40.7 Å². The van der Waals surface area contributed by atoms with Crippen LogP contribution in [0.2, 0.25) is 13.1 Å². The number of aryl methyl sites for hydroxylation is 2. The Morgan fingerprint density at radius 3 is 1.30 bits per heavy atom. The molecule has 0 nitrogen and oxygen atoms in total. The van der Waals surface area contributed by atoms with Crippen LogP contribution in [0.1, 0.15) is 25.0 Å². The van der Waals surface area contributed by atoms with E-state index in [2.05, 4.69) is 136 Å². The fourth-order valence-electron chi connectivity index (χ4n) is 6.01. The van der Waals surface area contributed by atoms with Crippen LogP contribution in [-0.4, -0.2) is 8.07 Å². The van der Waals surface area contributed by atoms with E-state index in [1.807, 2.05) is 0 Å². The standard InChI is InChI=1S/C36H34Si.2CH3.Hf/c1-5-25-13-7-9-17-31(25)33-19-11-15-27-21-29(23-35(27)33)37(3,4)30-22-28-16-12-20-34(36(28)24-30)32-18-10-8-14-26(32)6-2;;;/h7-24H,5-6H2,1-4H3;2*1H3;/q-2;2*-1;+4. The Balaban J connectivity index is 0.00000147. The molecule has 0 bridgehead atoms. The van der Waals surface area contributed by atoms with Gasteiger partial charge in [-0.15, -0.1) is 68.3 Å². The van der Waals surface area contributed by atoms with Gasteiger partial charge in [-0.1, -0.05) is 98.7 Å². The molecule has 6 rings (SSSR count). The number of fused-ring (bicyclic) bond motifs is 2. The molecule has 0 saturated carbocycles. The van der Waals surface area contributed by atoms with E-state index in [0.717, 1.165) is 12.8 Å². The van der Waals surface area contributed by atoms with Gasteiger partial charge in [-0.2, -0.15) is 12.1 Å². The Labute approximate surface area is 261 Å². The number of rotatable bonds is 6. The van der Waals surface area contributed by atoms with E-state index in [0.29, 0.717) is 0 Å². The topological polar surface area (TPSA) is 0 Å². The third-order valence-corrected chi connectivity index (χ3v) is 11.8. The zero-order valence-electron chi connectivity index (χ0n) is 24.8. The monoisotopic (exact) mass is 704 g/mol. The zero-order valence-corrected chi connectivity index (χ0v) is 29.4. The first-order valence-electron chi connectivity index (χ1n) is 13.6. The average Bonchev–Trinajstić information content (AvgIpc) is 3.58. The summed E-state index contributed by atoms with van der Waals surface area (Å²) in [6, 6.07) is 41.2. The summed E-state index contributed by atoms with van der Waals surface area (Å²) in [5.74, 6) is 0. The third kappa shape index (κ3) is 5.41. The Bertz CT molecular complexity index is 1600. The first-order valence-corrected chi connectivity index (χ1v) is 16.6. The van der Waals surface area contributed by atoms with Crippen LogP contribution in [0.4, 0.5) is 0 Å². The van der Waals surface area contributed by atoms with E-state index in [1.165, 1.54) is 65.3 Å². The molecule has 2 heteroatoms. The second kappa shape index (κ2) is 12.8. The molecule has 0 N–H and O–H groups in total. The van der Waals surface area contributed by atoms with Crippen LogP contribution >= 0.6 is 0 Å². The van der Waals surface area contributed by atoms with Gasteiger partial charge in [0.15, 0.2) is 0 Å². The molecular formula is C38H40HfSi. The van der Waals surface area contributed by atoms with Crippen LogP contribution < -0.4 is 10.4 Å². The summed E-state index contributed by atoms with van der Waals surface area (Å²) in [5, 5.41) is 8.49. The molecule has 0 saturated heterocycles. The first kappa shape index (κ1) is 31.7. The molecule has 0 aliphatic rings. The number of benzene rings is 4. The van der Waals surface area contributed by atoms with Crippen molar-refractivity contribution in [2.45, 2.75) is 39.8 Å². The van der Waals surface area contributed by atoms with E-state index in [4.69, 9.17) is 0 Å². The van der Waals surface area contributed by atoms with Gasteiger partial charge in [0, 0.05) is 0 Å². The van der Waals surface area contributed by atoms with Crippen molar-refractivity contribution in [2.24, 2.45) is 0 Å². The van der Waals surface area contributed by atoms with Gasteiger partial charge >= 0.3 is 25.8 Å². The van der Waals surface area contributed by atoms with Crippen LogP contribution in [-0.2, 0) is 38.7 Å². The maximum Gasteiger partial charge on any atom is 4.00 e. The minimum Gasteiger partial charge on any atom is -0.358 e. The smallest absolute Gasteiger partial charge is 0.358 e. The minimum atomic E-state index is -1.91. The molecule has 0 unspecified atom stereocenters. The van der Waals surface area contributed by atoms with E-state index >= 15 is 0 Å². The molecule has 0 aromatic heterocycles. The fraction of sp³-hybridized carbons (Fsp3) is 0.158. The van der Waals surface area contributed by atoms with E-state index < -0.39 is 8.07 Å².